The molecule has 0 radical (unpaired) electrons. The zero-order chi connectivity index (χ0) is 18.8. The Morgan fingerprint density at radius 3 is 2.63 bits per heavy atom. The zero-order valence-electron chi connectivity index (χ0n) is 14.9. The molecule has 136 valence electrons. The first-order valence-electron chi connectivity index (χ1n) is 8.37. The second kappa shape index (κ2) is 7.54. The molecule has 27 heavy (non-hydrogen) atoms. The van der Waals surface area contributed by atoms with Gasteiger partial charge >= 0.3 is 0 Å². The number of pyridine rings is 1. The summed E-state index contributed by atoms with van der Waals surface area (Å²) < 4.78 is 3.73. The molecule has 6 nitrogen and oxygen atoms in total. The Morgan fingerprint density at radius 2 is 1.89 bits per heavy atom. The minimum Gasteiger partial charge on any atom is -0.305 e. The Kier molecular flexibility index (Phi) is 4.96. The van der Waals surface area contributed by atoms with E-state index in [2.05, 4.69) is 20.3 Å². The Morgan fingerprint density at radius 1 is 1.07 bits per heavy atom. The molecule has 0 amide bonds. The lowest BCUT2D eigenvalue weighted by atomic mass is 10.3. The van der Waals surface area contributed by atoms with Crippen molar-refractivity contribution < 1.29 is 0 Å². The second-order valence-electron chi connectivity index (χ2n) is 6.00. The average Bonchev–Trinajstić information content (AvgIpc) is 3.21. The maximum absolute atomic E-state index is 6.61. The van der Waals surface area contributed by atoms with Crippen LogP contribution in [0.4, 0.5) is 0 Å². The minimum absolute atomic E-state index is 0.626. The van der Waals surface area contributed by atoms with Crippen LogP contribution < -0.4 is 0 Å². The van der Waals surface area contributed by atoms with Crippen molar-refractivity contribution in [1.82, 2.24) is 29.5 Å². The van der Waals surface area contributed by atoms with E-state index in [4.69, 9.17) is 11.6 Å². The van der Waals surface area contributed by atoms with Crippen LogP contribution in [-0.2, 0) is 12.8 Å². The molecular formula is C19H17ClN6S. The lowest BCUT2D eigenvalue weighted by molar-refractivity contribution is 0.793. The summed E-state index contributed by atoms with van der Waals surface area (Å²) in [6, 6.07) is 13.7. The molecule has 0 spiro atoms. The summed E-state index contributed by atoms with van der Waals surface area (Å²) in [5.74, 6) is 1.45. The third kappa shape index (κ3) is 3.48. The van der Waals surface area contributed by atoms with Gasteiger partial charge in [-0.05, 0) is 31.2 Å². The van der Waals surface area contributed by atoms with Gasteiger partial charge in [-0.3, -0.25) is 4.98 Å². The molecule has 0 aliphatic rings. The average molecular weight is 397 g/mol. The summed E-state index contributed by atoms with van der Waals surface area (Å²) >= 11 is 8.19. The van der Waals surface area contributed by atoms with Crippen molar-refractivity contribution in [3.05, 3.63) is 71.3 Å². The fraction of sp³-hybridized carbons (Fsp3) is 0.158. The standard InChI is InChI=1S/C19H17ClN6S/c1-13-16(17(20)26(24-13)15-8-4-3-5-9-15)12-27-19-23-22-18(25(19)2)14-7-6-10-21-11-14/h3-11H,12H2,1-2H3. The molecule has 1 aromatic carbocycles. The number of thioether (sulfide) groups is 1. The number of nitrogens with zero attached hydrogens (tertiary/aromatic N) is 6. The van der Waals surface area contributed by atoms with E-state index in [1.54, 1.807) is 28.8 Å². The number of hydrogen-bond acceptors (Lipinski definition) is 5. The molecule has 0 unspecified atom stereocenters. The third-order valence-electron chi connectivity index (χ3n) is 4.22. The molecule has 0 atom stereocenters. The Labute approximate surface area is 166 Å². The molecule has 0 aliphatic carbocycles. The summed E-state index contributed by atoms with van der Waals surface area (Å²) in [7, 11) is 1.95. The van der Waals surface area contributed by atoms with E-state index in [9.17, 15) is 0 Å². The van der Waals surface area contributed by atoms with Crippen LogP contribution in [0.1, 0.15) is 11.3 Å². The van der Waals surface area contributed by atoms with Gasteiger partial charge in [-0.15, -0.1) is 10.2 Å². The van der Waals surface area contributed by atoms with Crippen molar-refractivity contribution in [2.45, 2.75) is 17.8 Å². The van der Waals surface area contributed by atoms with E-state index in [0.29, 0.717) is 10.9 Å². The van der Waals surface area contributed by atoms with Crippen molar-refractivity contribution in [3.8, 4) is 17.1 Å². The predicted octanol–water partition coefficient (Wildman–Crippen LogP) is 4.32. The fourth-order valence-electron chi connectivity index (χ4n) is 2.76. The number of hydrogen-bond donors (Lipinski definition) is 0. The van der Waals surface area contributed by atoms with Crippen LogP contribution in [0, 0.1) is 6.92 Å². The van der Waals surface area contributed by atoms with Crippen LogP contribution in [-0.4, -0.2) is 29.5 Å². The summed E-state index contributed by atoms with van der Waals surface area (Å²) in [4.78, 5) is 4.14. The third-order valence-corrected chi connectivity index (χ3v) is 5.66. The fourth-order valence-corrected chi connectivity index (χ4v) is 4.18. The minimum atomic E-state index is 0.626. The van der Waals surface area contributed by atoms with E-state index in [1.165, 1.54) is 0 Å². The van der Waals surface area contributed by atoms with Gasteiger partial charge in [0.15, 0.2) is 11.0 Å². The van der Waals surface area contributed by atoms with Crippen LogP contribution in [0.2, 0.25) is 5.15 Å². The van der Waals surface area contributed by atoms with Gasteiger partial charge in [-0.25, -0.2) is 4.68 Å². The molecule has 3 aromatic heterocycles. The van der Waals surface area contributed by atoms with E-state index in [-0.39, 0.29) is 0 Å². The lowest BCUT2D eigenvalue weighted by Crippen LogP contribution is -1.96. The van der Waals surface area contributed by atoms with Gasteiger partial charge in [0.05, 0.1) is 11.4 Å². The second-order valence-corrected chi connectivity index (χ2v) is 7.30. The highest BCUT2D eigenvalue weighted by molar-refractivity contribution is 7.98. The summed E-state index contributed by atoms with van der Waals surface area (Å²) in [6.45, 7) is 1.97. The highest BCUT2D eigenvalue weighted by Crippen LogP contribution is 2.30. The SMILES string of the molecule is Cc1nn(-c2ccccc2)c(Cl)c1CSc1nnc(-c2cccnc2)n1C. The van der Waals surface area contributed by atoms with E-state index in [0.717, 1.165) is 33.5 Å². The van der Waals surface area contributed by atoms with Gasteiger partial charge in [-0.2, -0.15) is 5.10 Å². The number of aromatic nitrogens is 6. The first-order chi connectivity index (χ1) is 13.1. The summed E-state index contributed by atoms with van der Waals surface area (Å²) in [5, 5.41) is 14.6. The molecule has 0 saturated carbocycles. The van der Waals surface area contributed by atoms with E-state index in [1.807, 2.05) is 61.0 Å². The van der Waals surface area contributed by atoms with Gasteiger partial charge in [0, 0.05) is 36.3 Å². The van der Waals surface area contributed by atoms with E-state index >= 15 is 0 Å². The quantitative estimate of drug-likeness (QED) is 0.470. The molecule has 0 aliphatic heterocycles. The number of benzene rings is 1. The maximum Gasteiger partial charge on any atom is 0.191 e. The van der Waals surface area contributed by atoms with Gasteiger partial charge in [-0.1, -0.05) is 41.6 Å². The van der Waals surface area contributed by atoms with E-state index < -0.39 is 0 Å². The van der Waals surface area contributed by atoms with Crippen LogP contribution in [0.3, 0.4) is 0 Å². The van der Waals surface area contributed by atoms with Crippen LogP contribution >= 0.6 is 23.4 Å². The number of aryl methyl sites for hydroxylation is 1. The van der Waals surface area contributed by atoms with Gasteiger partial charge in [0.25, 0.3) is 0 Å². The monoisotopic (exact) mass is 396 g/mol. The van der Waals surface area contributed by atoms with Crippen LogP contribution in [0.5, 0.6) is 0 Å². The lowest BCUT2D eigenvalue weighted by Gasteiger charge is -2.05. The molecule has 4 rings (SSSR count). The molecule has 3 heterocycles. The molecule has 0 saturated heterocycles. The van der Waals surface area contributed by atoms with Crippen LogP contribution in [0.25, 0.3) is 17.1 Å². The Balaban J connectivity index is 1.57. The first kappa shape index (κ1) is 17.8. The highest BCUT2D eigenvalue weighted by atomic mass is 35.5. The smallest absolute Gasteiger partial charge is 0.191 e. The molecule has 8 heteroatoms. The van der Waals surface area contributed by atoms with Crippen molar-refractivity contribution in [1.29, 1.82) is 0 Å². The normalized spacial score (nSPS) is 11.1. The Bertz CT molecular complexity index is 1060. The largest absolute Gasteiger partial charge is 0.305 e. The maximum atomic E-state index is 6.61. The topological polar surface area (TPSA) is 61.4 Å². The molecule has 0 fully saturated rings. The Hall–Kier alpha value is -2.64. The van der Waals surface area contributed by atoms with Gasteiger partial charge < -0.3 is 4.57 Å². The molecular weight excluding hydrogens is 380 g/mol. The summed E-state index contributed by atoms with van der Waals surface area (Å²) in [5.41, 5.74) is 3.78. The number of rotatable bonds is 5. The van der Waals surface area contributed by atoms with Gasteiger partial charge in [0.2, 0.25) is 0 Å². The summed E-state index contributed by atoms with van der Waals surface area (Å²) in [6.07, 6.45) is 3.52. The van der Waals surface area contributed by atoms with Crippen molar-refractivity contribution in [3.63, 3.8) is 0 Å². The number of halogens is 1. The van der Waals surface area contributed by atoms with Crippen molar-refractivity contribution >= 4 is 23.4 Å². The first-order valence-corrected chi connectivity index (χ1v) is 9.73. The zero-order valence-corrected chi connectivity index (χ0v) is 16.4. The van der Waals surface area contributed by atoms with Crippen LogP contribution in [0.15, 0.2) is 60.0 Å². The van der Waals surface area contributed by atoms with Crippen molar-refractivity contribution in [2.75, 3.05) is 0 Å². The molecule has 0 bridgehead atoms. The molecule has 0 N–H and O–H groups in total. The number of para-hydroxylation sites is 1. The van der Waals surface area contributed by atoms with Gasteiger partial charge in [0.1, 0.15) is 5.15 Å². The molecule has 4 aromatic rings. The predicted molar refractivity (Wildman–Crippen MR) is 107 cm³/mol. The van der Waals surface area contributed by atoms with Crippen molar-refractivity contribution in [2.24, 2.45) is 7.05 Å². The highest BCUT2D eigenvalue weighted by Gasteiger charge is 2.17.